The van der Waals surface area contributed by atoms with Crippen molar-refractivity contribution in [2.24, 2.45) is 0 Å². The van der Waals surface area contributed by atoms with E-state index in [1.807, 2.05) is 37.8 Å². The number of hydrogen-bond acceptors (Lipinski definition) is 2. The maximum absolute atomic E-state index is 12.6. The van der Waals surface area contributed by atoms with Crippen LogP contribution in [0.5, 0.6) is 0 Å². The van der Waals surface area contributed by atoms with Gasteiger partial charge in [0.2, 0.25) is 0 Å². The van der Waals surface area contributed by atoms with Crippen LogP contribution in [0.3, 0.4) is 0 Å². The van der Waals surface area contributed by atoms with Gasteiger partial charge in [-0.1, -0.05) is 18.2 Å². The van der Waals surface area contributed by atoms with Crippen molar-refractivity contribution in [3.05, 3.63) is 46.1 Å². The maximum Gasteiger partial charge on any atom is 0.411 e. The van der Waals surface area contributed by atoms with Crippen LogP contribution in [0.4, 0.5) is 4.79 Å². The lowest BCUT2D eigenvalue weighted by atomic mass is 10.1. The lowest BCUT2D eigenvalue weighted by Crippen LogP contribution is -2.40. The number of rotatable bonds is 2. The summed E-state index contributed by atoms with van der Waals surface area (Å²) in [7, 11) is 0. The van der Waals surface area contributed by atoms with E-state index in [1.54, 1.807) is 0 Å². The van der Waals surface area contributed by atoms with Gasteiger partial charge in [-0.05, 0) is 73.9 Å². The Kier molecular flexibility index (Phi) is 4.96. The summed E-state index contributed by atoms with van der Waals surface area (Å²) < 4.78 is 6.75. The standard InChI is InChI=1S/C17H22INO2/c1-5-14-9-10-15(12-7-6-8-13(18)11-12)19(14)16(20)21-17(2,3)4/h5-8,11,14-15H,1,9-10H2,2-4H3. The Balaban J connectivity index is 2.28. The van der Waals surface area contributed by atoms with Crippen LogP contribution in [0.25, 0.3) is 0 Å². The molecule has 114 valence electrons. The maximum atomic E-state index is 12.6. The molecule has 1 aromatic carbocycles. The van der Waals surface area contributed by atoms with E-state index in [0.29, 0.717) is 0 Å². The molecule has 0 radical (unpaired) electrons. The van der Waals surface area contributed by atoms with Crippen molar-refractivity contribution in [2.75, 3.05) is 0 Å². The Morgan fingerprint density at radius 2 is 2.14 bits per heavy atom. The molecule has 2 rings (SSSR count). The lowest BCUT2D eigenvalue weighted by molar-refractivity contribution is 0.0178. The van der Waals surface area contributed by atoms with Gasteiger partial charge < -0.3 is 4.74 Å². The van der Waals surface area contributed by atoms with E-state index in [2.05, 4.69) is 47.4 Å². The number of likely N-dealkylation sites (tertiary alicyclic amines) is 1. The highest BCUT2D eigenvalue weighted by Gasteiger charge is 2.38. The fourth-order valence-corrected chi connectivity index (χ4v) is 3.25. The highest BCUT2D eigenvalue weighted by atomic mass is 127. The first-order valence-electron chi connectivity index (χ1n) is 7.21. The predicted molar refractivity (Wildman–Crippen MR) is 93.2 cm³/mol. The summed E-state index contributed by atoms with van der Waals surface area (Å²) in [6.45, 7) is 9.55. The Labute approximate surface area is 140 Å². The van der Waals surface area contributed by atoms with Gasteiger partial charge in [-0.15, -0.1) is 6.58 Å². The van der Waals surface area contributed by atoms with Crippen molar-refractivity contribution in [3.8, 4) is 0 Å². The van der Waals surface area contributed by atoms with Crippen LogP contribution in [0.2, 0.25) is 0 Å². The fourth-order valence-electron chi connectivity index (χ4n) is 2.69. The third-order valence-electron chi connectivity index (χ3n) is 3.54. The first kappa shape index (κ1) is 16.3. The van der Waals surface area contributed by atoms with Gasteiger partial charge in [0, 0.05) is 3.57 Å². The Bertz CT molecular complexity index is 536. The molecule has 0 aliphatic carbocycles. The average Bonchev–Trinajstić information content (AvgIpc) is 2.80. The first-order chi connectivity index (χ1) is 9.81. The van der Waals surface area contributed by atoms with Gasteiger partial charge in [-0.2, -0.15) is 0 Å². The van der Waals surface area contributed by atoms with Gasteiger partial charge >= 0.3 is 6.09 Å². The molecule has 3 nitrogen and oxygen atoms in total. The normalized spacial score (nSPS) is 22.2. The second kappa shape index (κ2) is 6.38. The van der Waals surface area contributed by atoms with Gasteiger partial charge in [0.05, 0.1) is 12.1 Å². The second-order valence-corrected chi connectivity index (χ2v) is 7.58. The summed E-state index contributed by atoms with van der Waals surface area (Å²) in [5, 5.41) is 0. The van der Waals surface area contributed by atoms with Crippen LogP contribution >= 0.6 is 22.6 Å². The van der Waals surface area contributed by atoms with Crippen molar-refractivity contribution in [1.29, 1.82) is 0 Å². The van der Waals surface area contributed by atoms with E-state index < -0.39 is 5.60 Å². The van der Waals surface area contributed by atoms with Crippen LogP contribution in [-0.4, -0.2) is 22.6 Å². The SMILES string of the molecule is C=CC1CCC(c2cccc(I)c2)N1C(=O)OC(C)(C)C. The van der Waals surface area contributed by atoms with Crippen LogP contribution in [0, 0.1) is 3.57 Å². The van der Waals surface area contributed by atoms with Gasteiger partial charge in [0.15, 0.2) is 0 Å². The van der Waals surface area contributed by atoms with E-state index in [9.17, 15) is 4.79 Å². The Morgan fingerprint density at radius 1 is 1.43 bits per heavy atom. The molecule has 0 spiro atoms. The van der Waals surface area contributed by atoms with Crippen molar-refractivity contribution < 1.29 is 9.53 Å². The minimum Gasteiger partial charge on any atom is -0.444 e. The van der Waals surface area contributed by atoms with Gasteiger partial charge in [0.25, 0.3) is 0 Å². The molecule has 1 aliphatic heterocycles. The highest BCUT2D eigenvalue weighted by Crippen LogP contribution is 2.38. The fraction of sp³-hybridized carbons (Fsp3) is 0.471. The van der Waals surface area contributed by atoms with Crippen molar-refractivity contribution >= 4 is 28.7 Å². The van der Waals surface area contributed by atoms with E-state index in [-0.39, 0.29) is 18.2 Å². The summed E-state index contributed by atoms with van der Waals surface area (Å²) in [5.41, 5.74) is 0.679. The molecule has 2 atom stereocenters. The zero-order valence-corrected chi connectivity index (χ0v) is 15.0. The summed E-state index contributed by atoms with van der Waals surface area (Å²) in [4.78, 5) is 14.4. The second-order valence-electron chi connectivity index (χ2n) is 6.34. The molecule has 4 heteroatoms. The molecule has 1 aliphatic rings. The minimum atomic E-state index is -0.485. The molecule has 1 saturated heterocycles. The van der Waals surface area contributed by atoms with E-state index in [4.69, 9.17) is 4.74 Å². The van der Waals surface area contributed by atoms with Crippen molar-refractivity contribution in [1.82, 2.24) is 4.90 Å². The van der Waals surface area contributed by atoms with Crippen molar-refractivity contribution in [2.45, 2.75) is 51.3 Å². The number of benzene rings is 1. The average molecular weight is 399 g/mol. The smallest absolute Gasteiger partial charge is 0.411 e. The summed E-state index contributed by atoms with van der Waals surface area (Å²) in [5.74, 6) is 0. The molecule has 1 fully saturated rings. The van der Waals surface area contributed by atoms with Gasteiger partial charge in [0.1, 0.15) is 5.60 Å². The third kappa shape index (κ3) is 3.99. The number of ether oxygens (including phenoxy) is 1. The molecule has 0 saturated carbocycles. The Morgan fingerprint density at radius 3 is 2.71 bits per heavy atom. The van der Waals surface area contributed by atoms with Gasteiger partial charge in [-0.25, -0.2) is 4.79 Å². The monoisotopic (exact) mass is 399 g/mol. The number of carbonyl (C=O) groups is 1. The molecule has 21 heavy (non-hydrogen) atoms. The highest BCUT2D eigenvalue weighted by molar-refractivity contribution is 14.1. The number of amides is 1. The molecule has 1 aromatic rings. The van der Waals surface area contributed by atoms with Crippen LogP contribution in [0.15, 0.2) is 36.9 Å². The zero-order chi connectivity index (χ0) is 15.6. The van der Waals surface area contributed by atoms with Crippen LogP contribution in [0.1, 0.15) is 45.2 Å². The van der Waals surface area contributed by atoms with E-state index in [0.717, 1.165) is 18.4 Å². The Hall–Kier alpha value is -1.04. The van der Waals surface area contributed by atoms with Gasteiger partial charge in [-0.3, -0.25) is 4.90 Å². The van der Waals surface area contributed by atoms with E-state index >= 15 is 0 Å². The third-order valence-corrected chi connectivity index (χ3v) is 4.21. The molecular formula is C17H22INO2. The van der Waals surface area contributed by atoms with Crippen molar-refractivity contribution in [3.63, 3.8) is 0 Å². The zero-order valence-electron chi connectivity index (χ0n) is 12.8. The number of hydrogen-bond donors (Lipinski definition) is 0. The predicted octanol–water partition coefficient (Wildman–Crippen LogP) is 4.92. The van der Waals surface area contributed by atoms with E-state index in [1.165, 1.54) is 3.57 Å². The molecule has 1 amide bonds. The summed E-state index contributed by atoms with van der Waals surface area (Å²) in [6, 6.07) is 8.41. The number of carbonyl (C=O) groups excluding carboxylic acids is 1. The molecule has 2 unspecified atom stereocenters. The molecule has 0 aromatic heterocycles. The van der Waals surface area contributed by atoms with Crippen LogP contribution < -0.4 is 0 Å². The largest absolute Gasteiger partial charge is 0.444 e. The quantitative estimate of drug-likeness (QED) is 0.522. The molecule has 1 heterocycles. The minimum absolute atomic E-state index is 0.0442. The molecule has 0 N–H and O–H groups in total. The topological polar surface area (TPSA) is 29.5 Å². The number of halogens is 1. The molecule has 0 bridgehead atoms. The lowest BCUT2D eigenvalue weighted by Gasteiger charge is -2.31. The summed E-state index contributed by atoms with van der Waals surface area (Å²) in [6.07, 6.45) is 3.46. The molecular weight excluding hydrogens is 377 g/mol. The van der Waals surface area contributed by atoms with Crippen LogP contribution in [-0.2, 0) is 4.74 Å². The number of nitrogens with zero attached hydrogens (tertiary/aromatic N) is 1. The first-order valence-corrected chi connectivity index (χ1v) is 8.29. The summed E-state index contributed by atoms with van der Waals surface area (Å²) >= 11 is 2.30.